The maximum Gasteiger partial charge on any atom is 0.346 e. The minimum atomic E-state index is -4.13. The number of Topliss-reactive ketones (excluding diaryl/α,β-unsaturated/α-hetero) is 1. The van der Waals surface area contributed by atoms with E-state index in [0.29, 0.717) is 5.56 Å². The van der Waals surface area contributed by atoms with E-state index >= 15 is 0 Å². The maximum absolute atomic E-state index is 11.2. The highest BCUT2D eigenvalue weighted by atomic mass is 32.2. The molecule has 0 radical (unpaired) electrons. The van der Waals surface area contributed by atoms with Crippen molar-refractivity contribution in [3.63, 3.8) is 0 Å². The summed E-state index contributed by atoms with van der Waals surface area (Å²) < 4.78 is 26.2. The van der Waals surface area contributed by atoms with Crippen LogP contribution in [0.25, 0.3) is 6.08 Å². The lowest BCUT2D eigenvalue weighted by Gasteiger charge is -2.06. The molecule has 8 heteroatoms. The van der Waals surface area contributed by atoms with E-state index in [-0.39, 0.29) is 0 Å². The van der Waals surface area contributed by atoms with Crippen LogP contribution in [0.15, 0.2) is 30.3 Å². The summed E-state index contributed by atoms with van der Waals surface area (Å²) in [7, 11) is -4.13. The van der Waals surface area contributed by atoms with Crippen LogP contribution in [0, 0.1) is 0 Å². The minimum absolute atomic E-state index is 0.409. The van der Waals surface area contributed by atoms with E-state index in [1.807, 2.05) is 12.1 Å². The fourth-order valence-electron chi connectivity index (χ4n) is 1.22. The molecule has 0 atom stereocenters. The Morgan fingerprint density at radius 3 is 2.22 bits per heavy atom. The summed E-state index contributed by atoms with van der Waals surface area (Å²) in [5.74, 6) is 3.37. The number of nitrogens with two attached hydrogens (primary N) is 1. The third-order valence-corrected chi connectivity index (χ3v) is 2.29. The lowest BCUT2D eigenvalue weighted by Crippen LogP contribution is -2.29. The van der Waals surface area contributed by atoms with Gasteiger partial charge in [0.05, 0.1) is 0 Å². The highest BCUT2D eigenvalue weighted by Gasteiger charge is 2.19. The molecule has 4 N–H and O–H groups in total. The van der Waals surface area contributed by atoms with Gasteiger partial charge in [-0.05, 0) is 11.6 Å². The van der Waals surface area contributed by atoms with Crippen molar-refractivity contribution >= 4 is 27.9 Å². The number of nitrogens with one attached hydrogen (secondary N) is 1. The van der Waals surface area contributed by atoms with Crippen LogP contribution in [0.4, 0.5) is 0 Å². The quantitative estimate of drug-likeness (QED) is 0.279. The summed E-state index contributed by atoms with van der Waals surface area (Å²) in [5.41, 5.74) is 1.33. The first-order valence-corrected chi connectivity index (χ1v) is 6.10. The molecule has 7 nitrogen and oxygen atoms in total. The zero-order valence-electron chi connectivity index (χ0n) is 9.03. The number of hydrazine groups is 1. The highest BCUT2D eigenvalue weighted by molar-refractivity contribution is 7.83. The number of rotatable bonds is 1. The van der Waals surface area contributed by atoms with E-state index in [4.69, 9.17) is 4.55 Å². The van der Waals surface area contributed by atoms with E-state index < -0.39 is 21.9 Å². The zero-order chi connectivity index (χ0) is 13.8. The van der Waals surface area contributed by atoms with Crippen LogP contribution in [0.3, 0.4) is 0 Å². The number of fused-ring (bicyclic) bond motifs is 1. The van der Waals surface area contributed by atoms with Gasteiger partial charge < -0.3 is 0 Å². The second-order valence-electron chi connectivity index (χ2n) is 3.21. The molecule has 0 bridgehead atoms. The van der Waals surface area contributed by atoms with E-state index in [1.165, 1.54) is 6.08 Å². The van der Waals surface area contributed by atoms with Crippen molar-refractivity contribution in [3.8, 4) is 0 Å². The number of hydrogen-bond donors (Lipinski definition) is 3. The summed E-state index contributed by atoms with van der Waals surface area (Å²) in [6.07, 6.45) is 2.98. The Morgan fingerprint density at radius 1 is 1.11 bits per heavy atom. The second-order valence-corrected chi connectivity index (χ2v) is 4.39. The van der Waals surface area contributed by atoms with E-state index in [1.54, 1.807) is 18.2 Å². The van der Waals surface area contributed by atoms with Crippen LogP contribution in [-0.2, 0) is 15.1 Å². The molecule has 0 aliphatic heterocycles. The summed E-state index contributed by atoms with van der Waals surface area (Å²) in [5, 5.41) is 0. The SMILES string of the molecule is NNS(=O)(=O)O.O=C1C=Cc2ccccc2C1=O. The average Bonchev–Trinajstić information content (AvgIpc) is 2.34. The number of allylic oxidation sites excluding steroid dienone is 1. The predicted molar refractivity (Wildman–Crippen MR) is 63.7 cm³/mol. The lowest BCUT2D eigenvalue weighted by atomic mass is 9.96. The Kier molecular flexibility index (Phi) is 4.45. The zero-order valence-corrected chi connectivity index (χ0v) is 9.85. The number of hydrogen-bond acceptors (Lipinski definition) is 5. The summed E-state index contributed by atoms with van der Waals surface area (Å²) in [4.78, 5) is 23.3. The monoisotopic (exact) mass is 270 g/mol. The van der Waals surface area contributed by atoms with Gasteiger partial charge in [-0.2, -0.15) is 8.42 Å². The van der Waals surface area contributed by atoms with Gasteiger partial charge in [-0.3, -0.25) is 20.0 Å². The van der Waals surface area contributed by atoms with Crippen molar-refractivity contribution in [2.45, 2.75) is 0 Å². The molecule has 1 aromatic carbocycles. The van der Waals surface area contributed by atoms with Gasteiger partial charge >= 0.3 is 10.3 Å². The van der Waals surface area contributed by atoms with Crippen molar-refractivity contribution < 1.29 is 22.6 Å². The first-order valence-electron chi connectivity index (χ1n) is 4.65. The molecule has 1 aliphatic carbocycles. The Balaban J connectivity index is 0.000000232. The number of ketones is 2. The van der Waals surface area contributed by atoms with Gasteiger partial charge in [0.2, 0.25) is 11.6 Å². The molecule has 0 saturated carbocycles. The first-order chi connectivity index (χ1) is 8.35. The normalized spacial score (nSPS) is 13.7. The predicted octanol–water partition coefficient (Wildman–Crippen LogP) is -0.282. The van der Waals surface area contributed by atoms with Crippen molar-refractivity contribution in [1.82, 2.24) is 4.83 Å². The van der Waals surface area contributed by atoms with E-state index in [2.05, 4.69) is 5.84 Å². The topological polar surface area (TPSA) is 127 Å². The Morgan fingerprint density at radius 2 is 1.67 bits per heavy atom. The van der Waals surface area contributed by atoms with Crippen molar-refractivity contribution in [2.75, 3.05) is 0 Å². The molecule has 0 spiro atoms. The second kappa shape index (κ2) is 5.65. The van der Waals surface area contributed by atoms with Crippen LogP contribution in [0.2, 0.25) is 0 Å². The molecule has 0 fully saturated rings. The van der Waals surface area contributed by atoms with Crippen molar-refractivity contribution in [1.29, 1.82) is 0 Å². The Bertz CT molecular complexity index is 606. The summed E-state index contributed by atoms with van der Waals surface area (Å²) in [6.45, 7) is 0. The largest absolute Gasteiger partial charge is 0.346 e. The Hall–Kier alpha value is -1.87. The summed E-state index contributed by atoms with van der Waals surface area (Å²) in [6, 6.07) is 7.07. The van der Waals surface area contributed by atoms with Gasteiger partial charge in [0.1, 0.15) is 0 Å². The van der Waals surface area contributed by atoms with Crippen molar-refractivity contribution in [2.24, 2.45) is 5.84 Å². The van der Waals surface area contributed by atoms with E-state index in [9.17, 15) is 18.0 Å². The first kappa shape index (κ1) is 14.2. The van der Waals surface area contributed by atoms with Crippen molar-refractivity contribution in [3.05, 3.63) is 41.5 Å². The molecule has 96 valence electrons. The fraction of sp³-hybridized carbons (Fsp3) is 0. The van der Waals surface area contributed by atoms with Gasteiger partial charge in [0.25, 0.3) is 0 Å². The standard InChI is InChI=1S/C10H6O2.H4N2O3S/c11-9-6-5-7-3-1-2-4-8(7)10(9)12;1-2-6(3,4)5/h1-6H;2H,1H2,(H,3,4,5). The summed E-state index contributed by atoms with van der Waals surface area (Å²) >= 11 is 0. The third-order valence-electron chi connectivity index (χ3n) is 1.99. The smallest absolute Gasteiger partial charge is 0.286 e. The number of benzene rings is 1. The van der Waals surface area contributed by atoms with Crippen LogP contribution in [0.5, 0.6) is 0 Å². The maximum atomic E-state index is 11.2. The van der Waals surface area contributed by atoms with Gasteiger partial charge in [-0.15, -0.1) is 4.83 Å². The van der Waals surface area contributed by atoms with Crippen LogP contribution in [0.1, 0.15) is 15.9 Å². The lowest BCUT2D eigenvalue weighted by molar-refractivity contribution is -0.110. The molecule has 0 amide bonds. The van der Waals surface area contributed by atoms with Gasteiger partial charge in [-0.25, -0.2) is 0 Å². The van der Waals surface area contributed by atoms with E-state index in [0.717, 1.165) is 10.4 Å². The van der Waals surface area contributed by atoms with Gasteiger partial charge in [0.15, 0.2) is 0 Å². The fourth-order valence-corrected chi connectivity index (χ4v) is 1.22. The van der Waals surface area contributed by atoms with Crippen LogP contribution in [-0.4, -0.2) is 24.5 Å². The molecule has 0 heterocycles. The highest BCUT2D eigenvalue weighted by Crippen LogP contribution is 2.16. The molecule has 1 aromatic rings. The molecule has 18 heavy (non-hydrogen) atoms. The van der Waals surface area contributed by atoms with Crippen LogP contribution < -0.4 is 10.7 Å². The molecule has 0 saturated heterocycles. The van der Waals surface area contributed by atoms with Gasteiger partial charge in [-0.1, -0.05) is 30.3 Å². The molecular weight excluding hydrogens is 260 g/mol. The van der Waals surface area contributed by atoms with Crippen LogP contribution >= 0.6 is 0 Å². The number of carbonyl (C=O) groups is 2. The molecule has 0 unspecified atom stereocenters. The molecular formula is C10H10N2O5S. The Labute approximate surface area is 103 Å². The third kappa shape index (κ3) is 3.86. The average molecular weight is 270 g/mol. The minimum Gasteiger partial charge on any atom is -0.286 e. The molecule has 1 aliphatic rings. The number of carbonyl (C=O) groups excluding carboxylic acids is 2. The molecule has 2 rings (SSSR count). The molecule has 0 aromatic heterocycles. The van der Waals surface area contributed by atoms with Gasteiger partial charge in [0, 0.05) is 5.56 Å².